The van der Waals surface area contributed by atoms with Gasteiger partial charge in [0.05, 0.1) is 36.6 Å². The van der Waals surface area contributed by atoms with Crippen LogP contribution in [0.2, 0.25) is 0 Å². The van der Waals surface area contributed by atoms with Crippen molar-refractivity contribution in [2.24, 2.45) is 0 Å². The van der Waals surface area contributed by atoms with Crippen LogP contribution in [0.25, 0.3) is 32.9 Å². The molecule has 0 radical (unpaired) electrons. The van der Waals surface area contributed by atoms with Gasteiger partial charge in [0, 0.05) is 28.6 Å². The Bertz CT molecular complexity index is 1870. The number of carbonyl (C=O) groups is 2. The molecule has 3 amide bonds. The number of aromatic hydroxyl groups is 1. The van der Waals surface area contributed by atoms with Crippen LogP contribution in [0.1, 0.15) is 31.0 Å². The number of ether oxygens (including phenoxy) is 1. The molecule has 0 unspecified atom stereocenters. The quantitative estimate of drug-likeness (QED) is 0.224. The van der Waals surface area contributed by atoms with Crippen LogP contribution in [-0.4, -0.2) is 38.3 Å². The molecule has 3 aromatic carbocycles. The number of benzene rings is 3. The van der Waals surface area contributed by atoms with Gasteiger partial charge in [-0.1, -0.05) is 24.3 Å². The molecular weight excluding hydrogens is 551 g/mol. The standard InChI is InChI=1S/C30H26F3N5O4/c1-16(2)38-15-34-25-22(10-20(11-24(25)38)30(31,32)33)17-4-7-19(8-5-17)29(27(40)35-28(41)36-29)14-37-13-18-6-9-21(42-3)12-23(18)26(37)39/h4-13,15-16,39H,14H2,1-3H3,(H2,35,36,40,41)/t29-/m0/s1. The molecule has 0 aliphatic carbocycles. The summed E-state index contributed by atoms with van der Waals surface area (Å²) in [5.74, 6) is -0.220. The van der Waals surface area contributed by atoms with E-state index in [1.54, 1.807) is 53.2 Å². The van der Waals surface area contributed by atoms with Crippen molar-refractivity contribution in [3.63, 3.8) is 0 Å². The molecule has 0 saturated carbocycles. The molecule has 1 aliphatic rings. The minimum atomic E-state index is -4.57. The van der Waals surface area contributed by atoms with Gasteiger partial charge in [0.2, 0.25) is 0 Å². The Morgan fingerprint density at radius 3 is 2.43 bits per heavy atom. The first kappa shape index (κ1) is 27.2. The predicted octanol–water partition coefficient (Wildman–Crippen LogP) is 5.71. The lowest BCUT2D eigenvalue weighted by molar-refractivity contribution is -0.137. The number of nitrogens with one attached hydrogen (secondary N) is 2. The maximum absolute atomic E-state index is 13.9. The minimum absolute atomic E-state index is 0.110. The van der Waals surface area contributed by atoms with Gasteiger partial charge in [0.25, 0.3) is 5.91 Å². The van der Waals surface area contributed by atoms with E-state index in [-0.39, 0.29) is 24.0 Å². The predicted molar refractivity (Wildman–Crippen MR) is 149 cm³/mol. The largest absolute Gasteiger partial charge is 0.497 e. The Labute approximate surface area is 237 Å². The monoisotopic (exact) mass is 577 g/mol. The van der Waals surface area contributed by atoms with Crippen LogP contribution in [0.3, 0.4) is 0 Å². The molecule has 1 fully saturated rings. The topological polar surface area (TPSA) is 110 Å². The summed E-state index contributed by atoms with van der Waals surface area (Å²) in [6.45, 7) is 3.57. The highest BCUT2D eigenvalue weighted by Gasteiger charge is 2.48. The van der Waals surface area contributed by atoms with Crippen LogP contribution in [0, 0.1) is 0 Å². The minimum Gasteiger partial charge on any atom is -0.497 e. The van der Waals surface area contributed by atoms with Crippen molar-refractivity contribution in [2.45, 2.75) is 38.1 Å². The summed E-state index contributed by atoms with van der Waals surface area (Å²) in [4.78, 5) is 30.0. The van der Waals surface area contributed by atoms with Crippen molar-refractivity contribution in [3.8, 4) is 22.8 Å². The van der Waals surface area contributed by atoms with Crippen molar-refractivity contribution >= 4 is 33.7 Å². The van der Waals surface area contributed by atoms with E-state index < -0.39 is 29.2 Å². The second-order valence-electron chi connectivity index (χ2n) is 10.6. The highest BCUT2D eigenvalue weighted by molar-refractivity contribution is 6.07. The number of urea groups is 1. The van der Waals surface area contributed by atoms with Gasteiger partial charge in [-0.05, 0) is 55.3 Å². The summed E-state index contributed by atoms with van der Waals surface area (Å²) in [6, 6.07) is 12.8. The van der Waals surface area contributed by atoms with Crippen LogP contribution < -0.4 is 15.4 Å². The van der Waals surface area contributed by atoms with Crippen LogP contribution in [0.4, 0.5) is 18.0 Å². The summed E-state index contributed by atoms with van der Waals surface area (Å²) < 4.78 is 50.0. The van der Waals surface area contributed by atoms with Crippen LogP contribution in [0.5, 0.6) is 11.6 Å². The number of methoxy groups -OCH3 is 1. The number of hydrogen-bond acceptors (Lipinski definition) is 5. The third-order valence-electron chi connectivity index (χ3n) is 7.67. The van der Waals surface area contributed by atoms with Gasteiger partial charge in [-0.25, -0.2) is 9.78 Å². The summed E-state index contributed by atoms with van der Waals surface area (Å²) in [5, 5.41) is 17.1. The molecule has 6 rings (SSSR count). The van der Waals surface area contributed by atoms with Gasteiger partial charge < -0.3 is 24.3 Å². The lowest BCUT2D eigenvalue weighted by Crippen LogP contribution is -2.47. The van der Waals surface area contributed by atoms with E-state index in [1.807, 2.05) is 13.8 Å². The number of fused-ring (bicyclic) bond motifs is 2. The zero-order chi connectivity index (χ0) is 30.0. The number of alkyl halides is 3. The molecule has 216 valence electrons. The number of imide groups is 1. The van der Waals surface area contributed by atoms with E-state index in [2.05, 4.69) is 15.6 Å². The summed E-state index contributed by atoms with van der Waals surface area (Å²) in [5.41, 5.74) is -0.542. The van der Waals surface area contributed by atoms with Gasteiger partial charge in [0.1, 0.15) is 5.75 Å². The Morgan fingerprint density at radius 2 is 1.81 bits per heavy atom. The van der Waals surface area contributed by atoms with E-state index in [0.29, 0.717) is 38.7 Å². The van der Waals surface area contributed by atoms with E-state index >= 15 is 0 Å². The van der Waals surface area contributed by atoms with E-state index in [4.69, 9.17) is 4.74 Å². The molecule has 0 spiro atoms. The summed E-state index contributed by atoms with van der Waals surface area (Å²) >= 11 is 0. The molecule has 3 heterocycles. The average Bonchev–Trinajstić information content (AvgIpc) is 3.61. The maximum Gasteiger partial charge on any atom is 0.416 e. The lowest BCUT2D eigenvalue weighted by atomic mass is 9.88. The molecule has 3 N–H and O–H groups in total. The van der Waals surface area contributed by atoms with Gasteiger partial charge >= 0.3 is 12.2 Å². The third kappa shape index (κ3) is 4.30. The smallest absolute Gasteiger partial charge is 0.416 e. The molecule has 1 atom stereocenters. The molecule has 9 nitrogen and oxygen atoms in total. The maximum atomic E-state index is 13.9. The normalized spacial score (nSPS) is 17.3. The molecule has 1 saturated heterocycles. The highest BCUT2D eigenvalue weighted by Crippen LogP contribution is 2.39. The molecule has 0 bridgehead atoms. The highest BCUT2D eigenvalue weighted by atomic mass is 19.4. The lowest BCUT2D eigenvalue weighted by Gasteiger charge is -2.27. The Hall–Kier alpha value is -5.00. The number of amides is 3. The Kier molecular flexibility index (Phi) is 6.17. The van der Waals surface area contributed by atoms with Crippen molar-refractivity contribution < 1.29 is 32.6 Å². The van der Waals surface area contributed by atoms with E-state index in [9.17, 15) is 27.9 Å². The zero-order valence-electron chi connectivity index (χ0n) is 22.8. The Balaban J connectivity index is 1.44. The van der Waals surface area contributed by atoms with Crippen molar-refractivity contribution in [3.05, 3.63) is 78.2 Å². The summed E-state index contributed by atoms with van der Waals surface area (Å²) in [6.07, 6.45) is -1.40. The van der Waals surface area contributed by atoms with Crippen LogP contribution in [0.15, 0.2) is 67.1 Å². The fraction of sp³-hybridized carbons (Fsp3) is 0.233. The number of nitrogens with zero attached hydrogens (tertiary/aromatic N) is 3. The number of carbonyl (C=O) groups excluding carboxylic acids is 2. The number of hydrogen-bond donors (Lipinski definition) is 3. The third-order valence-corrected chi connectivity index (χ3v) is 7.67. The molecular formula is C30H26F3N5O4. The fourth-order valence-electron chi connectivity index (χ4n) is 5.49. The first-order valence-corrected chi connectivity index (χ1v) is 13.1. The fourth-order valence-corrected chi connectivity index (χ4v) is 5.49. The second-order valence-corrected chi connectivity index (χ2v) is 10.6. The first-order valence-electron chi connectivity index (χ1n) is 13.1. The zero-order valence-corrected chi connectivity index (χ0v) is 22.8. The van der Waals surface area contributed by atoms with Gasteiger partial charge in [0.15, 0.2) is 11.4 Å². The number of halogens is 3. The van der Waals surface area contributed by atoms with Gasteiger partial charge in [-0.3, -0.25) is 10.1 Å². The van der Waals surface area contributed by atoms with E-state index in [1.165, 1.54) is 18.0 Å². The first-order chi connectivity index (χ1) is 19.9. The summed E-state index contributed by atoms with van der Waals surface area (Å²) in [7, 11) is 1.51. The van der Waals surface area contributed by atoms with Crippen LogP contribution in [-0.2, 0) is 23.1 Å². The Morgan fingerprint density at radius 1 is 1.07 bits per heavy atom. The number of imidazole rings is 1. The molecule has 1 aliphatic heterocycles. The van der Waals surface area contributed by atoms with Crippen molar-refractivity contribution in [1.29, 1.82) is 0 Å². The van der Waals surface area contributed by atoms with Crippen LogP contribution >= 0.6 is 0 Å². The van der Waals surface area contributed by atoms with Crippen molar-refractivity contribution in [1.82, 2.24) is 24.8 Å². The SMILES string of the molecule is COc1ccc2cn(C[C@@]3(c4ccc(-c5cc(C(F)(F)F)cc6c5ncn6C(C)C)cc4)NC(=O)NC3=O)c(O)c2c1. The number of aromatic nitrogens is 3. The van der Waals surface area contributed by atoms with Crippen molar-refractivity contribution in [2.75, 3.05) is 7.11 Å². The molecule has 5 aromatic rings. The number of rotatable bonds is 6. The van der Waals surface area contributed by atoms with E-state index in [0.717, 1.165) is 12.1 Å². The molecule has 42 heavy (non-hydrogen) atoms. The van der Waals surface area contributed by atoms with Gasteiger partial charge in [-0.2, -0.15) is 13.2 Å². The molecule has 2 aromatic heterocycles. The average molecular weight is 578 g/mol. The molecule has 12 heteroatoms. The van der Waals surface area contributed by atoms with Gasteiger partial charge in [-0.15, -0.1) is 0 Å². The second kappa shape index (κ2) is 9.54.